The molecule has 1 heterocycles. The Kier molecular flexibility index (Phi) is 5.37. The molecule has 0 unspecified atom stereocenters. The Bertz CT molecular complexity index is 926. The Morgan fingerprint density at radius 1 is 1.08 bits per heavy atom. The van der Waals surface area contributed by atoms with Crippen molar-refractivity contribution in [3.63, 3.8) is 0 Å². The maximum atomic E-state index is 12.3. The fraction of sp³-hybridized carbons (Fsp3) is 0.238. The van der Waals surface area contributed by atoms with Crippen molar-refractivity contribution in [1.29, 1.82) is 0 Å². The van der Waals surface area contributed by atoms with Gasteiger partial charge >= 0.3 is 0 Å². The summed E-state index contributed by atoms with van der Waals surface area (Å²) < 4.78 is 0. The second kappa shape index (κ2) is 7.87. The second-order valence-electron chi connectivity index (χ2n) is 6.35. The molecule has 0 fully saturated rings. The first-order valence-corrected chi connectivity index (χ1v) is 8.81. The van der Waals surface area contributed by atoms with Gasteiger partial charge in [0, 0.05) is 41.3 Å². The minimum absolute atomic E-state index is 0.0452. The highest BCUT2D eigenvalue weighted by molar-refractivity contribution is 5.95. The number of aryl methyl sites for hydroxylation is 1. The first kappa shape index (κ1) is 17.7. The molecular formula is C21H23N3O2. The van der Waals surface area contributed by atoms with Gasteiger partial charge in [0.2, 0.25) is 5.91 Å². The van der Waals surface area contributed by atoms with E-state index in [9.17, 15) is 9.59 Å². The van der Waals surface area contributed by atoms with E-state index in [4.69, 9.17) is 0 Å². The highest BCUT2D eigenvalue weighted by Gasteiger charge is 2.08. The molecule has 0 atom stereocenters. The molecule has 5 heteroatoms. The monoisotopic (exact) mass is 349 g/mol. The fourth-order valence-corrected chi connectivity index (χ4v) is 2.87. The molecule has 26 heavy (non-hydrogen) atoms. The van der Waals surface area contributed by atoms with Crippen LogP contribution in [-0.4, -0.2) is 23.3 Å². The van der Waals surface area contributed by atoms with Crippen molar-refractivity contribution in [2.45, 2.75) is 26.7 Å². The standard InChI is InChI=1S/C21H23N3O2/c1-3-20(25)24-17-7-5-15(6-8-17)21(26)22-11-10-16-13-23-19-9-4-14(2)12-18(16)19/h4-9,12-13,23H,3,10-11H2,1-2H3,(H,22,26)(H,24,25). The third kappa shape index (κ3) is 4.11. The van der Waals surface area contributed by atoms with Crippen LogP contribution in [0.1, 0.15) is 34.8 Å². The van der Waals surface area contributed by atoms with Gasteiger partial charge in [-0.1, -0.05) is 18.6 Å². The quantitative estimate of drug-likeness (QED) is 0.633. The van der Waals surface area contributed by atoms with Gasteiger partial charge in [-0.05, 0) is 55.3 Å². The predicted octanol–water partition coefficient (Wildman–Crippen LogP) is 3.80. The van der Waals surface area contributed by atoms with Gasteiger partial charge in [0.15, 0.2) is 0 Å². The smallest absolute Gasteiger partial charge is 0.251 e. The third-order valence-corrected chi connectivity index (χ3v) is 4.35. The van der Waals surface area contributed by atoms with E-state index >= 15 is 0 Å². The van der Waals surface area contributed by atoms with Gasteiger partial charge in [-0.15, -0.1) is 0 Å². The molecule has 0 bridgehead atoms. The number of benzene rings is 2. The number of rotatable bonds is 6. The van der Waals surface area contributed by atoms with Crippen molar-refractivity contribution in [3.05, 3.63) is 65.4 Å². The number of carbonyl (C=O) groups excluding carboxylic acids is 2. The van der Waals surface area contributed by atoms with Crippen LogP contribution in [-0.2, 0) is 11.2 Å². The summed E-state index contributed by atoms with van der Waals surface area (Å²) in [5.41, 5.74) is 4.80. The van der Waals surface area contributed by atoms with Gasteiger partial charge in [-0.25, -0.2) is 0 Å². The zero-order valence-electron chi connectivity index (χ0n) is 15.1. The van der Waals surface area contributed by atoms with Crippen molar-refractivity contribution >= 4 is 28.4 Å². The van der Waals surface area contributed by atoms with Crippen molar-refractivity contribution < 1.29 is 9.59 Å². The number of amides is 2. The van der Waals surface area contributed by atoms with Gasteiger partial charge in [0.1, 0.15) is 0 Å². The number of hydrogen-bond acceptors (Lipinski definition) is 2. The predicted molar refractivity (Wildman–Crippen MR) is 104 cm³/mol. The Morgan fingerprint density at radius 3 is 2.58 bits per heavy atom. The number of aromatic nitrogens is 1. The van der Waals surface area contributed by atoms with Crippen molar-refractivity contribution in [3.8, 4) is 0 Å². The van der Waals surface area contributed by atoms with Crippen LogP contribution in [0.15, 0.2) is 48.7 Å². The summed E-state index contributed by atoms with van der Waals surface area (Å²) in [5, 5.41) is 6.92. The molecule has 134 valence electrons. The van der Waals surface area contributed by atoms with Gasteiger partial charge in [0.25, 0.3) is 5.91 Å². The summed E-state index contributed by atoms with van der Waals surface area (Å²) in [6, 6.07) is 13.2. The Balaban J connectivity index is 1.56. The number of nitrogens with one attached hydrogen (secondary N) is 3. The van der Waals surface area contributed by atoms with Crippen LogP contribution in [0.2, 0.25) is 0 Å². The zero-order valence-corrected chi connectivity index (χ0v) is 15.1. The van der Waals surface area contributed by atoms with Crippen molar-refractivity contribution in [1.82, 2.24) is 10.3 Å². The SMILES string of the molecule is CCC(=O)Nc1ccc(C(=O)NCCc2c[nH]c3ccc(C)cc23)cc1. The van der Waals surface area contributed by atoms with Crippen LogP contribution >= 0.6 is 0 Å². The largest absolute Gasteiger partial charge is 0.361 e. The lowest BCUT2D eigenvalue weighted by Crippen LogP contribution is -2.25. The molecule has 0 aliphatic heterocycles. The number of carbonyl (C=O) groups is 2. The average molecular weight is 349 g/mol. The van der Waals surface area contributed by atoms with Crippen LogP contribution in [0.5, 0.6) is 0 Å². The Hall–Kier alpha value is -3.08. The van der Waals surface area contributed by atoms with Crippen LogP contribution in [0, 0.1) is 6.92 Å². The molecule has 0 aliphatic rings. The van der Waals surface area contributed by atoms with Crippen LogP contribution in [0.4, 0.5) is 5.69 Å². The number of aromatic amines is 1. The average Bonchev–Trinajstić information content (AvgIpc) is 3.04. The van der Waals surface area contributed by atoms with Crippen LogP contribution in [0.3, 0.4) is 0 Å². The van der Waals surface area contributed by atoms with Crippen molar-refractivity contribution in [2.75, 3.05) is 11.9 Å². The third-order valence-electron chi connectivity index (χ3n) is 4.35. The maximum absolute atomic E-state index is 12.3. The number of anilines is 1. The van der Waals surface area contributed by atoms with E-state index in [1.807, 2.05) is 6.20 Å². The van der Waals surface area contributed by atoms with E-state index in [1.165, 1.54) is 16.5 Å². The zero-order chi connectivity index (χ0) is 18.5. The maximum Gasteiger partial charge on any atom is 0.251 e. The molecule has 3 aromatic rings. The van der Waals surface area contributed by atoms with E-state index in [1.54, 1.807) is 31.2 Å². The molecular weight excluding hydrogens is 326 g/mol. The van der Waals surface area contributed by atoms with E-state index < -0.39 is 0 Å². The summed E-state index contributed by atoms with van der Waals surface area (Å²) >= 11 is 0. The first-order valence-electron chi connectivity index (χ1n) is 8.81. The second-order valence-corrected chi connectivity index (χ2v) is 6.35. The molecule has 2 amide bonds. The lowest BCUT2D eigenvalue weighted by molar-refractivity contribution is -0.115. The van der Waals surface area contributed by atoms with Crippen LogP contribution < -0.4 is 10.6 Å². The van der Waals surface area contributed by atoms with Crippen molar-refractivity contribution in [2.24, 2.45) is 0 Å². The molecule has 0 aliphatic carbocycles. The molecule has 0 saturated carbocycles. The Labute approximate surface area is 152 Å². The van der Waals surface area contributed by atoms with Gasteiger partial charge in [0.05, 0.1) is 0 Å². The summed E-state index contributed by atoms with van der Waals surface area (Å²) in [7, 11) is 0. The number of H-pyrrole nitrogens is 1. The summed E-state index contributed by atoms with van der Waals surface area (Å²) in [4.78, 5) is 26.9. The van der Waals surface area contributed by atoms with Gasteiger partial charge in [-0.2, -0.15) is 0 Å². The molecule has 0 saturated heterocycles. The van der Waals surface area contributed by atoms with E-state index in [-0.39, 0.29) is 11.8 Å². The molecule has 0 spiro atoms. The van der Waals surface area contributed by atoms with E-state index in [0.29, 0.717) is 24.2 Å². The van der Waals surface area contributed by atoms with Crippen LogP contribution in [0.25, 0.3) is 10.9 Å². The fourth-order valence-electron chi connectivity index (χ4n) is 2.87. The van der Waals surface area contributed by atoms with E-state index in [0.717, 1.165) is 11.9 Å². The molecule has 0 radical (unpaired) electrons. The number of fused-ring (bicyclic) bond motifs is 1. The normalized spacial score (nSPS) is 10.7. The number of hydrogen-bond donors (Lipinski definition) is 3. The summed E-state index contributed by atoms with van der Waals surface area (Å²) in [5.74, 6) is -0.162. The molecule has 2 aromatic carbocycles. The Morgan fingerprint density at radius 2 is 1.85 bits per heavy atom. The topological polar surface area (TPSA) is 74.0 Å². The van der Waals surface area contributed by atoms with E-state index in [2.05, 4.69) is 40.7 Å². The molecule has 5 nitrogen and oxygen atoms in total. The lowest BCUT2D eigenvalue weighted by Gasteiger charge is -2.07. The van der Waals surface area contributed by atoms with Gasteiger partial charge < -0.3 is 15.6 Å². The highest BCUT2D eigenvalue weighted by Crippen LogP contribution is 2.20. The summed E-state index contributed by atoms with van der Waals surface area (Å²) in [6.07, 6.45) is 3.19. The highest BCUT2D eigenvalue weighted by atomic mass is 16.2. The minimum atomic E-state index is -0.116. The minimum Gasteiger partial charge on any atom is -0.361 e. The lowest BCUT2D eigenvalue weighted by atomic mass is 10.1. The van der Waals surface area contributed by atoms with Gasteiger partial charge in [-0.3, -0.25) is 9.59 Å². The summed E-state index contributed by atoms with van der Waals surface area (Å²) in [6.45, 7) is 4.44. The molecule has 3 rings (SSSR count). The first-order chi connectivity index (χ1) is 12.6. The molecule has 1 aromatic heterocycles. The molecule has 3 N–H and O–H groups in total.